The van der Waals surface area contributed by atoms with Crippen LogP contribution in [0.2, 0.25) is 0 Å². The number of hydrogen-bond donors (Lipinski definition) is 2. The van der Waals surface area contributed by atoms with E-state index < -0.39 is 0 Å². The third kappa shape index (κ3) is 6.65. The van der Waals surface area contributed by atoms with Crippen LogP contribution < -0.4 is 10.6 Å². The van der Waals surface area contributed by atoms with E-state index in [1.807, 2.05) is 31.0 Å². The molecule has 28 heavy (non-hydrogen) atoms. The molecule has 7 nitrogen and oxygen atoms in total. The summed E-state index contributed by atoms with van der Waals surface area (Å²) < 4.78 is 1.85. The molecule has 7 heteroatoms. The van der Waals surface area contributed by atoms with Gasteiger partial charge in [-0.3, -0.25) is 14.9 Å². The number of likely N-dealkylation sites (tertiary alicyclic amines) is 1. The number of aromatic nitrogens is 2. The van der Waals surface area contributed by atoms with Gasteiger partial charge in [0.2, 0.25) is 0 Å². The molecule has 2 N–H and O–H groups in total. The summed E-state index contributed by atoms with van der Waals surface area (Å²) in [5.41, 5.74) is 1.36. The average Bonchev–Trinajstić information content (AvgIpc) is 3.14. The standard InChI is InChI=1S/C21H32N6O/c1-25(2)14-15-27-13-10-20(24-27)23-21(28)22-16-18-8-11-26(12-9-18)17-19-6-4-3-5-7-19/h3-7,10,13,18H,8-9,11-12,14-17H2,1-2H3,(H2,22,23,24,28). The zero-order valence-electron chi connectivity index (χ0n) is 17.0. The maximum absolute atomic E-state index is 12.1. The second kappa shape index (κ2) is 10.2. The predicted molar refractivity (Wildman–Crippen MR) is 112 cm³/mol. The number of benzene rings is 1. The Labute approximate surface area is 167 Å². The van der Waals surface area contributed by atoms with Gasteiger partial charge >= 0.3 is 6.03 Å². The largest absolute Gasteiger partial charge is 0.338 e. The van der Waals surface area contributed by atoms with E-state index in [-0.39, 0.29) is 6.03 Å². The fourth-order valence-corrected chi connectivity index (χ4v) is 3.44. The van der Waals surface area contributed by atoms with Crippen LogP contribution >= 0.6 is 0 Å². The molecule has 2 heterocycles. The molecule has 2 aromatic rings. The van der Waals surface area contributed by atoms with Crippen LogP contribution in [0.3, 0.4) is 0 Å². The minimum atomic E-state index is -0.176. The minimum absolute atomic E-state index is 0.176. The van der Waals surface area contributed by atoms with E-state index in [1.165, 1.54) is 5.56 Å². The first-order valence-corrected chi connectivity index (χ1v) is 10.1. The number of nitrogens with one attached hydrogen (secondary N) is 2. The van der Waals surface area contributed by atoms with Gasteiger partial charge in [-0.2, -0.15) is 5.10 Å². The monoisotopic (exact) mass is 384 g/mol. The summed E-state index contributed by atoms with van der Waals surface area (Å²) in [4.78, 5) is 16.7. The molecule has 1 aromatic carbocycles. The molecule has 0 aliphatic carbocycles. The van der Waals surface area contributed by atoms with Crippen LogP contribution in [0.15, 0.2) is 42.6 Å². The smallest absolute Gasteiger partial charge is 0.320 e. The fourth-order valence-electron chi connectivity index (χ4n) is 3.44. The van der Waals surface area contributed by atoms with Crippen molar-refractivity contribution < 1.29 is 4.79 Å². The molecule has 0 saturated carbocycles. The van der Waals surface area contributed by atoms with E-state index >= 15 is 0 Å². The summed E-state index contributed by atoms with van der Waals surface area (Å²) >= 11 is 0. The van der Waals surface area contributed by atoms with Gasteiger partial charge in [0, 0.05) is 31.9 Å². The van der Waals surface area contributed by atoms with Crippen molar-refractivity contribution in [2.45, 2.75) is 25.9 Å². The van der Waals surface area contributed by atoms with Gasteiger partial charge in [-0.25, -0.2) is 4.79 Å². The zero-order valence-corrected chi connectivity index (χ0v) is 17.0. The number of carbonyl (C=O) groups is 1. The van der Waals surface area contributed by atoms with E-state index in [2.05, 4.69) is 55.9 Å². The summed E-state index contributed by atoms with van der Waals surface area (Å²) in [5, 5.41) is 10.2. The molecule has 1 aliphatic rings. The molecule has 0 unspecified atom stereocenters. The average molecular weight is 385 g/mol. The number of piperidine rings is 1. The lowest BCUT2D eigenvalue weighted by Gasteiger charge is -2.32. The first-order valence-electron chi connectivity index (χ1n) is 10.1. The van der Waals surface area contributed by atoms with Gasteiger partial charge in [-0.15, -0.1) is 0 Å². The SMILES string of the molecule is CN(C)CCn1ccc(NC(=O)NCC2CCN(Cc3ccccc3)CC2)n1. The fraction of sp³-hybridized carbons (Fsp3) is 0.524. The molecule has 1 aliphatic heterocycles. The van der Waals surface area contributed by atoms with E-state index in [4.69, 9.17) is 0 Å². The van der Waals surface area contributed by atoms with Crippen molar-refractivity contribution in [3.05, 3.63) is 48.2 Å². The van der Waals surface area contributed by atoms with Crippen molar-refractivity contribution in [2.75, 3.05) is 45.6 Å². The summed E-state index contributed by atoms with van der Waals surface area (Å²) in [6.45, 7) is 5.61. The van der Waals surface area contributed by atoms with Gasteiger partial charge in [0.25, 0.3) is 0 Å². The van der Waals surface area contributed by atoms with Crippen molar-refractivity contribution in [1.82, 2.24) is 24.9 Å². The van der Waals surface area contributed by atoms with Crippen molar-refractivity contribution in [1.29, 1.82) is 0 Å². The Morgan fingerprint density at radius 1 is 1.18 bits per heavy atom. The summed E-state index contributed by atoms with van der Waals surface area (Å²) in [5.74, 6) is 1.13. The van der Waals surface area contributed by atoms with E-state index in [0.717, 1.165) is 45.6 Å². The number of urea groups is 1. The highest BCUT2D eigenvalue weighted by atomic mass is 16.2. The van der Waals surface area contributed by atoms with Gasteiger partial charge in [0.1, 0.15) is 0 Å². The number of likely N-dealkylation sites (N-methyl/N-ethyl adjacent to an activating group) is 1. The van der Waals surface area contributed by atoms with E-state index in [9.17, 15) is 4.79 Å². The molecule has 152 valence electrons. The zero-order chi connectivity index (χ0) is 19.8. The van der Waals surface area contributed by atoms with Gasteiger partial charge in [-0.1, -0.05) is 30.3 Å². The molecule has 1 aromatic heterocycles. The number of anilines is 1. The molecule has 0 spiro atoms. The van der Waals surface area contributed by atoms with Gasteiger partial charge in [0.15, 0.2) is 5.82 Å². The van der Waals surface area contributed by atoms with Crippen molar-refractivity contribution in [2.24, 2.45) is 5.92 Å². The molecule has 1 saturated heterocycles. The Morgan fingerprint density at radius 2 is 1.93 bits per heavy atom. The summed E-state index contributed by atoms with van der Waals surface area (Å²) in [6, 6.07) is 12.3. The van der Waals surface area contributed by atoms with E-state index in [1.54, 1.807) is 0 Å². The first kappa shape index (κ1) is 20.4. The molecule has 0 radical (unpaired) electrons. The second-order valence-electron chi connectivity index (χ2n) is 7.81. The molecule has 0 atom stereocenters. The lowest BCUT2D eigenvalue weighted by atomic mass is 9.96. The van der Waals surface area contributed by atoms with Gasteiger partial charge in [-0.05, 0) is 51.5 Å². The van der Waals surface area contributed by atoms with E-state index in [0.29, 0.717) is 18.3 Å². The maximum Gasteiger partial charge on any atom is 0.320 e. The number of hydrogen-bond acceptors (Lipinski definition) is 4. The van der Waals surface area contributed by atoms with Gasteiger partial charge in [0.05, 0.1) is 6.54 Å². The maximum atomic E-state index is 12.1. The van der Waals surface area contributed by atoms with Crippen LogP contribution in [0.4, 0.5) is 10.6 Å². The number of carbonyl (C=O) groups excluding carboxylic acids is 1. The van der Waals surface area contributed by atoms with Crippen LogP contribution in [-0.2, 0) is 13.1 Å². The Bertz CT molecular complexity index is 722. The first-order chi connectivity index (χ1) is 13.6. The van der Waals surface area contributed by atoms with Crippen LogP contribution in [0, 0.1) is 5.92 Å². The van der Waals surface area contributed by atoms with Crippen molar-refractivity contribution >= 4 is 11.8 Å². The summed E-state index contributed by atoms with van der Waals surface area (Å²) in [7, 11) is 4.06. The third-order valence-electron chi connectivity index (χ3n) is 5.17. The molecule has 0 bridgehead atoms. The van der Waals surface area contributed by atoms with Crippen molar-refractivity contribution in [3.8, 4) is 0 Å². The Kier molecular flexibility index (Phi) is 7.45. The molecule has 1 fully saturated rings. The highest BCUT2D eigenvalue weighted by molar-refractivity contribution is 5.88. The quantitative estimate of drug-likeness (QED) is 0.734. The Balaban J connectivity index is 1.33. The lowest BCUT2D eigenvalue weighted by molar-refractivity contribution is 0.175. The van der Waals surface area contributed by atoms with Crippen LogP contribution in [0.25, 0.3) is 0 Å². The van der Waals surface area contributed by atoms with Crippen molar-refractivity contribution in [3.63, 3.8) is 0 Å². The Hall–Kier alpha value is -2.38. The topological polar surface area (TPSA) is 65.4 Å². The lowest BCUT2D eigenvalue weighted by Crippen LogP contribution is -2.39. The number of nitrogens with zero attached hydrogens (tertiary/aromatic N) is 4. The molecular weight excluding hydrogens is 352 g/mol. The summed E-state index contributed by atoms with van der Waals surface area (Å²) in [6.07, 6.45) is 4.13. The highest BCUT2D eigenvalue weighted by Gasteiger charge is 2.19. The number of amides is 2. The predicted octanol–water partition coefficient (Wildman–Crippen LogP) is 2.48. The molecular formula is C21H32N6O. The van der Waals surface area contributed by atoms with Crippen LogP contribution in [-0.4, -0.2) is 65.9 Å². The highest BCUT2D eigenvalue weighted by Crippen LogP contribution is 2.18. The third-order valence-corrected chi connectivity index (χ3v) is 5.17. The molecule has 3 rings (SSSR count). The van der Waals surface area contributed by atoms with Crippen LogP contribution in [0.5, 0.6) is 0 Å². The van der Waals surface area contributed by atoms with Gasteiger partial charge < -0.3 is 10.2 Å². The second-order valence-corrected chi connectivity index (χ2v) is 7.81. The van der Waals surface area contributed by atoms with Crippen LogP contribution in [0.1, 0.15) is 18.4 Å². The molecule has 2 amide bonds. The minimum Gasteiger partial charge on any atom is -0.338 e. The normalized spacial score (nSPS) is 15.7. The Morgan fingerprint density at radius 3 is 2.64 bits per heavy atom. The number of rotatable bonds is 8.